The van der Waals surface area contributed by atoms with Crippen LogP contribution in [0.5, 0.6) is 0 Å². The summed E-state index contributed by atoms with van der Waals surface area (Å²) in [4.78, 5) is 2.54. The Morgan fingerprint density at radius 2 is 1.71 bits per heavy atom. The maximum Gasteiger partial charge on any atom is 0.169 e. The molecule has 1 aliphatic heterocycles. The number of piperidine rings is 1. The van der Waals surface area contributed by atoms with Gasteiger partial charge in [-0.05, 0) is 32.4 Å². The number of hydrogen-bond donors (Lipinski definition) is 0. The zero-order valence-corrected chi connectivity index (χ0v) is 8.65. The molecule has 73 valence electrons. The second-order valence-corrected chi connectivity index (χ2v) is 3.98. The van der Waals surface area contributed by atoms with E-state index in [1.54, 1.807) is 0 Å². The fourth-order valence-electron chi connectivity index (χ4n) is 1.97. The normalized spacial score (nSPS) is 18.0. The monoisotopic (exact) mass is 186 g/mol. The van der Waals surface area contributed by atoms with E-state index in [9.17, 15) is 0 Å². The number of likely N-dealkylation sites (tertiary alicyclic amines) is 1. The molecule has 0 bridgehead atoms. The van der Waals surface area contributed by atoms with Crippen LogP contribution >= 0.6 is 0 Å². The predicted molar refractivity (Wildman–Crippen MR) is 62.1 cm³/mol. The summed E-state index contributed by atoms with van der Waals surface area (Å²) in [6, 6.07) is 10.6. The molecule has 0 unspecified atom stereocenters. The Balaban J connectivity index is 1.76. The van der Waals surface area contributed by atoms with Crippen LogP contribution in [0.2, 0.25) is 0 Å². The van der Waals surface area contributed by atoms with Crippen molar-refractivity contribution in [3.05, 3.63) is 30.3 Å². The van der Waals surface area contributed by atoms with Gasteiger partial charge in [0.15, 0.2) is 7.28 Å². The van der Waals surface area contributed by atoms with Gasteiger partial charge in [0.2, 0.25) is 0 Å². The Morgan fingerprint density at radius 3 is 2.43 bits per heavy atom. The topological polar surface area (TPSA) is 3.24 Å². The first-order valence-corrected chi connectivity index (χ1v) is 5.56. The highest BCUT2D eigenvalue weighted by molar-refractivity contribution is 6.53. The van der Waals surface area contributed by atoms with Crippen LogP contribution in [0.3, 0.4) is 0 Å². The molecule has 0 spiro atoms. The van der Waals surface area contributed by atoms with Crippen molar-refractivity contribution in [2.24, 2.45) is 0 Å². The molecule has 1 aliphatic rings. The summed E-state index contributed by atoms with van der Waals surface area (Å²) in [5.41, 5.74) is 1.35. The standard InChI is InChI=1S/C12H17BN/c1-3-7-12(8-4-1)13-11-14-9-5-2-6-10-14/h1,3-4,7-8H,2,5-6,9-11H2. The van der Waals surface area contributed by atoms with Crippen LogP contribution < -0.4 is 5.46 Å². The molecule has 1 aromatic rings. The molecular weight excluding hydrogens is 169 g/mol. The molecule has 1 aromatic carbocycles. The third-order valence-corrected chi connectivity index (χ3v) is 2.83. The first-order valence-electron chi connectivity index (χ1n) is 5.56. The largest absolute Gasteiger partial charge is 0.311 e. The molecule has 1 radical (unpaired) electrons. The third kappa shape index (κ3) is 2.88. The van der Waals surface area contributed by atoms with Crippen molar-refractivity contribution in [1.29, 1.82) is 0 Å². The maximum absolute atomic E-state index is 2.54. The van der Waals surface area contributed by atoms with Gasteiger partial charge in [-0.2, -0.15) is 0 Å². The summed E-state index contributed by atoms with van der Waals surface area (Å²) in [6.07, 6.45) is 5.29. The van der Waals surface area contributed by atoms with Gasteiger partial charge in [-0.1, -0.05) is 42.2 Å². The van der Waals surface area contributed by atoms with Crippen LogP contribution in [-0.2, 0) is 0 Å². The molecule has 0 aromatic heterocycles. The minimum Gasteiger partial charge on any atom is -0.311 e. The highest BCUT2D eigenvalue weighted by atomic mass is 15.1. The fourth-order valence-corrected chi connectivity index (χ4v) is 1.97. The van der Waals surface area contributed by atoms with Crippen LogP contribution in [0, 0.1) is 0 Å². The van der Waals surface area contributed by atoms with E-state index in [-0.39, 0.29) is 0 Å². The minimum atomic E-state index is 1.12. The van der Waals surface area contributed by atoms with Gasteiger partial charge < -0.3 is 4.90 Å². The van der Waals surface area contributed by atoms with Crippen LogP contribution in [0.1, 0.15) is 19.3 Å². The highest BCUT2D eigenvalue weighted by Gasteiger charge is 2.09. The SMILES string of the molecule is [B](CN1CCCCC1)c1ccccc1. The maximum atomic E-state index is 2.54. The molecule has 1 heterocycles. The van der Waals surface area contributed by atoms with Gasteiger partial charge >= 0.3 is 0 Å². The quantitative estimate of drug-likeness (QED) is 0.646. The average Bonchev–Trinajstić information content (AvgIpc) is 2.29. The van der Waals surface area contributed by atoms with Gasteiger partial charge in [0.25, 0.3) is 0 Å². The molecule has 2 rings (SSSR count). The van der Waals surface area contributed by atoms with Crippen LogP contribution in [-0.4, -0.2) is 31.7 Å². The fraction of sp³-hybridized carbons (Fsp3) is 0.500. The summed E-state index contributed by atoms with van der Waals surface area (Å²) >= 11 is 0. The zero-order chi connectivity index (χ0) is 9.64. The van der Waals surface area contributed by atoms with Crippen molar-refractivity contribution in [2.45, 2.75) is 19.3 Å². The molecule has 14 heavy (non-hydrogen) atoms. The van der Waals surface area contributed by atoms with Crippen molar-refractivity contribution < 1.29 is 0 Å². The van der Waals surface area contributed by atoms with Gasteiger partial charge in [-0.25, -0.2) is 0 Å². The Hall–Kier alpha value is -0.755. The van der Waals surface area contributed by atoms with Crippen LogP contribution in [0.25, 0.3) is 0 Å². The summed E-state index contributed by atoms with van der Waals surface area (Å²) in [5, 5.41) is 0. The lowest BCUT2D eigenvalue weighted by Crippen LogP contribution is -2.36. The molecule has 1 nitrogen and oxygen atoms in total. The van der Waals surface area contributed by atoms with Gasteiger partial charge in [0.05, 0.1) is 0 Å². The molecule has 1 fully saturated rings. The lowest BCUT2D eigenvalue weighted by atomic mass is 9.70. The van der Waals surface area contributed by atoms with E-state index >= 15 is 0 Å². The van der Waals surface area contributed by atoms with Gasteiger partial charge in [-0.15, -0.1) is 0 Å². The first-order chi connectivity index (χ1) is 6.95. The smallest absolute Gasteiger partial charge is 0.169 e. The number of nitrogens with zero attached hydrogens (tertiary/aromatic N) is 1. The van der Waals surface area contributed by atoms with E-state index in [1.165, 1.54) is 37.8 Å². The zero-order valence-electron chi connectivity index (χ0n) is 8.65. The van der Waals surface area contributed by atoms with E-state index < -0.39 is 0 Å². The molecule has 0 saturated carbocycles. The lowest BCUT2D eigenvalue weighted by molar-refractivity contribution is 0.263. The van der Waals surface area contributed by atoms with E-state index in [0.717, 1.165) is 6.44 Å². The van der Waals surface area contributed by atoms with E-state index in [4.69, 9.17) is 0 Å². The van der Waals surface area contributed by atoms with Crippen molar-refractivity contribution in [3.8, 4) is 0 Å². The Kier molecular flexibility index (Phi) is 3.64. The highest BCUT2D eigenvalue weighted by Crippen LogP contribution is 2.07. The average molecular weight is 186 g/mol. The molecule has 2 heteroatoms. The van der Waals surface area contributed by atoms with Gasteiger partial charge in [0.1, 0.15) is 0 Å². The van der Waals surface area contributed by atoms with E-state index in [0.29, 0.717) is 0 Å². The second kappa shape index (κ2) is 5.21. The van der Waals surface area contributed by atoms with Crippen LogP contribution in [0.4, 0.5) is 0 Å². The van der Waals surface area contributed by atoms with Gasteiger partial charge in [0, 0.05) is 0 Å². The lowest BCUT2D eigenvalue weighted by Gasteiger charge is -2.26. The molecule has 1 saturated heterocycles. The summed E-state index contributed by atoms with van der Waals surface area (Å²) in [6.45, 7) is 2.56. The Morgan fingerprint density at radius 1 is 1.00 bits per heavy atom. The van der Waals surface area contributed by atoms with Crippen molar-refractivity contribution in [3.63, 3.8) is 0 Å². The van der Waals surface area contributed by atoms with Crippen LogP contribution in [0.15, 0.2) is 30.3 Å². The second-order valence-electron chi connectivity index (χ2n) is 3.98. The first kappa shape index (κ1) is 9.79. The van der Waals surface area contributed by atoms with E-state index in [1.807, 2.05) is 0 Å². The molecule has 0 N–H and O–H groups in total. The minimum absolute atomic E-state index is 1.12. The van der Waals surface area contributed by atoms with Crippen molar-refractivity contribution in [2.75, 3.05) is 19.5 Å². The van der Waals surface area contributed by atoms with E-state index in [2.05, 4.69) is 42.5 Å². The number of benzene rings is 1. The third-order valence-electron chi connectivity index (χ3n) is 2.83. The summed E-state index contributed by atoms with van der Waals surface area (Å²) in [7, 11) is 2.32. The molecule has 0 atom stereocenters. The van der Waals surface area contributed by atoms with Crippen molar-refractivity contribution in [1.82, 2.24) is 4.90 Å². The molecule has 0 aliphatic carbocycles. The summed E-state index contributed by atoms with van der Waals surface area (Å²) < 4.78 is 0. The van der Waals surface area contributed by atoms with Gasteiger partial charge in [-0.3, -0.25) is 0 Å². The molecule has 0 amide bonds. The predicted octanol–water partition coefficient (Wildman–Crippen LogP) is 1.46. The Labute approximate surface area is 87.4 Å². The molecular formula is C12H17BN. The van der Waals surface area contributed by atoms with Crippen molar-refractivity contribution >= 4 is 12.7 Å². The number of rotatable bonds is 3. The number of hydrogen-bond acceptors (Lipinski definition) is 1. The summed E-state index contributed by atoms with van der Waals surface area (Å²) in [5.74, 6) is 0. The Bertz CT molecular complexity index is 254.